The number of nitrogens with zero attached hydrogens (tertiary/aromatic N) is 1. The number of esters is 4. The van der Waals surface area contributed by atoms with Crippen LogP contribution in [-0.2, 0) is 28.5 Å². The zero-order chi connectivity index (χ0) is 23.0. The van der Waals surface area contributed by atoms with Crippen LogP contribution < -0.4 is 4.90 Å². The third-order valence-electron chi connectivity index (χ3n) is 4.15. The Morgan fingerprint density at radius 3 is 2.10 bits per heavy atom. The molecule has 0 spiro atoms. The van der Waals surface area contributed by atoms with E-state index in [1.54, 1.807) is 19.9 Å². The van der Waals surface area contributed by atoms with E-state index in [4.69, 9.17) is 18.9 Å². The van der Waals surface area contributed by atoms with Gasteiger partial charge in [0.2, 0.25) is 0 Å². The molecule has 0 unspecified atom stereocenters. The van der Waals surface area contributed by atoms with Gasteiger partial charge in [0.15, 0.2) is 0 Å². The van der Waals surface area contributed by atoms with Gasteiger partial charge < -0.3 is 23.8 Å². The van der Waals surface area contributed by atoms with Crippen LogP contribution >= 0.6 is 0 Å². The molecular weight excluding hydrogens is 406 g/mol. The standard InChI is InChI=1S/C22H23NO8/c1-5-30-19(24)14-10-11-17(16(13-14)21(26)31-6-2)23-12-8-7-9-15(20(25)28-3)18(23)22(27)29-4/h7-13H,5-6H2,1-4H3. The highest BCUT2D eigenvalue weighted by Gasteiger charge is 2.30. The normalized spacial score (nSPS) is 12.8. The SMILES string of the molecule is CCOC(=O)c1ccc(N2C=CC=CC(C(=O)OC)=C2C(=O)OC)c(C(=O)OCC)c1. The number of anilines is 1. The number of ether oxygens (including phenoxy) is 4. The van der Waals surface area contributed by atoms with Gasteiger partial charge in [0.05, 0.1) is 49.8 Å². The molecule has 2 rings (SSSR count). The van der Waals surface area contributed by atoms with Gasteiger partial charge >= 0.3 is 23.9 Å². The highest BCUT2D eigenvalue weighted by molar-refractivity contribution is 6.07. The van der Waals surface area contributed by atoms with Gasteiger partial charge in [-0.25, -0.2) is 19.2 Å². The Hall–Kier alpha value is -3.88. The minimum absolute atomic E-state index is 0.00966. The van der Waals surface area contributed by atoms with Gasteiger partial charge in [-0.15, -0.1) is 0 Å². The molecule has 0 amide bonds. The van der Waals surface area contributed by atoms with Crippen molar-refractivity contribution in [1.29, 1.82) is 0 Å². The molecule has 164 valence electrons. The third-order valence-corrected chi connectivity index (χ3v) is 4.15. The maximum atomic E-state index is 12.7. The number of rotatable bonds is 7. The second-order valence-electron chi connectivity index (χ2n) is 5.99. The Morgan fingerprint density at radius 1 is 0.839 bits per heavy atom. The van der Waals surface area contributed by atoms with Crippen LogP contribution in [0.25, 0.3) is 0 Å². The Balaban J connectivity index is 2.75. The largest absolute Gasteiger partial charge is 0.465 e. The molecule has 1 aliphatic rings. The molecule has 9 nitrogen and oxygen atoms in total. The predicted octanol–water partition coefficient (Wildman–Crippen LogP) is 2.53. The molecule has 0 aliphatic carbocycles. The van der Waals surface area contributed by atoms with E-state index < -0.39 is 23.9 Å². The van der Waals surface area contributed by atoms with Crippen molar-refractivity contribution in [2.45, 2.75) is 13.8 Å². The number of carbonyl (C=O) groups is 4. The summed E-state index contributed by atoms with van der Waals surface area (Å²) >= 11 is 0. The molecule has 0 aromatic heterocycles. The highest BCUT2D eigenvalue weighted by atomic mass is 16.5. The van der Waals surface area contributed by atoms with Gasteiger partial charge in [-0.3, -0.25) is 0 Å². The maximum absolute atomic E-state index is 12.7. The smallest absolute Gasteiger partial charge is 0.355 e. The van der Waals surface area contributed by atoms with Crippen molar-refractivity contribution < 1.29 is 38.1 Å². The van der Waals surface area contributed by atoms with Crippen LogP contribution in [0.1, 0.15) is 34.6 Å². The quantitative estimate of drug-likeness (QED) is 0.477. The first kappa shape index (κ1) is 23.4. The van der Waals surface area contributed by atoms with Crippen molar-refractivity contribution in [1.82, 2.24) is 0 Å². The maximum Gasteiger partial charge on any atom is 0.355 e. The summed E-state index contributed by atoms with van der Waals surface area (Å²) in [5.41, 5.74) is 0.0533. The zero-order valence-electron chi connectivity index (χ0n) is 17.7. The van der Waals surface area contributed by atoms with Crippen molar-refractivity contribution in [3.63, 3.8) is 0 Å². The fourth-order valence-electron chi connectivity index (χ4n) is 2.81. The first-order valence-corrected chi connectivity index (χ1v) is 9.42. The van der Waals surface area contributed by atoms with Crippen LogP contribution in [0.4, 0.5) is 5.69 Å². The first-order chi connectivity index (χ1) is 14.9. The molecule has 1 heterocycles. The fraction of sp³-hybridized carbons (Fsp3) is 0.273. The van der Waals surface area contributed by atoms with Crippen LogP contribution in [0, 0.1) is 0 Å². The van der Waals surface area contributed by atoms with Crippen molar-refractivity contribution in [2.24, 2.45) is 0 Å². The van der Waals surface area contributed by atoms with Gasteiger partial charge in [-0.2, -0.15) is 0 Å². The van der Waals surface area contributed by atoms with E-state index in [-0.39, 0.29) is 41.3 Å². The number of methoxy groups -OCH3 is 2. The molecule has 31 heavy (non-hydrogen) atoms. The Bertz CT molecular complexity index is 974. The van der Waals surface area contributed by atoms with Gasteiger partial charge in [0.1, 0.15) is 5.70 Å². The fourth-order valence-corrected chi connectivity index (χ4v) is 2.81. The summed E-state index contributed by atoms with van der Waals surface area (Å²) in [5.74, 6) is -2.95. The summed E-state index contributed by atoms with van der Waals surface area (Å²) in [5, 5.41) is 0. The molecule has 0 radical (unpaired) electrons. The first-order valence-electron chi connectivity index (χ1n) is 9.42. The van der Waals surface area contributed by atoms with Crippen LogP contribution in [0.3, 0.4) is 0 Å². The molecule has 0 saturated heterocycles. The van der Waals surface area contributed by atoms with Crippen LogP contribution in [0.5, 0.6) is 0 Å². The van der Waals surface area contributed by atoms with Gasteiger partial charge in [0, 0.05) is 6.20 Å². The lowest BCUT2D eigenvalue weighted by Gasteiger charge is -2.25. The molecule has 0 bridgehead atoms. The van der Waals surface area contributed by atoms with Crippen LogP contribution in [0.2, 0.25) is 0 Å². The molecule has 0 fully saturated rings. The molecule has 1 aliphatic heterocycles. The van der Waals surface area contributed by atoms with E-state index in [0.717, 1.165) is 7.11 Å². The summed E-state index contributed by atoms with van der Waals surface area (Å²) in [6, 6.07) is 4.20. The third kappa shape index (κ3) is 5.19. The number of hydrogen-bond donors (Lipinski definition) is 0. The number of benzene rings is 1. The van der Waals surface area contributed by atoms with E-state index >= 15 is 0 Å². The van der Waals surface area contributed by atoms with Crippen molar-refractivity contribution in [3.8, 4) is 0 Å². The number of hydrogen-bond acceptors (Lipinski definition) is 9. The Labute approximate surface area is 179 Å². The van der Waals surface area contributed by atoms with Crippen LogP contribution in [0.15, 0.2) is 53.9 Å². The molecule has 9 heteroatoms. The van der Waals surface area contributed by atoms with E-state index in [2.05, 4.69) is 0 Å². The monoisotopic (exact) mass is 429 g/mol. The lowest BCUT2D eigenvalue weighted by molar-refractivity contribution is -0.139. The summed E-state index contributed by atoms with van der Waals surface area (Å²) in [7, 11) is 2.34. The molecule has 0 saturated carbocycles. The second kappa shape index (κ2) is 10.8. The van der Waals surface area contributed by atoms with E-state index in [1.165, 1.54) is 48.6 Å². The van der Waals surface area contributed by atoms with E-state index in [1.807, 2.05) is 0 Å². The minimum Gasteiger partial charge on any atom is -0.465 e. The second-order valence-corrected chi connectivity index (χ2v) is 5.99. The number of carbonyl (C=O) groups excluding carboxylic acids is 4. The average Bonchev–Trinajstić information content (AvgIpc) is 3.00. The Morgan fingerprint density at radius 2 is 1.48 bits per heavy atom. The summed E-state index contributed by atoms with van der Waals surface area (Å²) < 4.78 is 19.8. The molecule has 0 atom stereocenters. The van der Waals surface area contributed by atoms with E-state index in [9.17, 15) is 19.2 Å². The summed E-state index contributed by atoms with van der Waals surface area (Å²) in [4.78, 5) is 51.1. The summed E-state index contributed by atoms with van der Waals surface area (Å²) in [6.07, 6.45) is 5.96. The zero-order valence-corrected chi connectivity index (χ0v) is 17.7. The van der Waals surface area contributed by atoms with Crippen molar-refractivity contribution in [2.75, 3.05) is 32.3 Å². The molecule has 1 aromatic carbocycles. The van der Waals surface area contributed by atoms with Crippen molar-refractivity contribution in [3.05, 3.63) is 65.0 Å². The van der Waals surface area contributed by atoms with Gasteiger partial charge in [0.25, 0.3) is 0 Å². The Kier molecular flexibility index (Phi) is 8.13. The summed E-state index contributed by atoms with van der Waals surface area (Å²) in [6.45, 7) is 3.55. The van der Waals surface area contributed by atoms with Crippen LogP contribution in [-0.4, -0.2) is 51.3 Å². The number of allylic oxidation sites excluding steroid dienone is 2. The molecule has 1 aromatic rings. The molecular formula is C22H23NO8. The van der Waals surface area contributed by atoms with E-state index in [0.29, 0.717) is 0 Å². The molecule has 0 N–H and O–H groups in total. The average molecular weight is 429 g/mol. The van der Waals surface area contributed by atoms with Gasteiger partial charge in [-0.1, -0.05) is 6.08 Å². The van der Waals surface area contributed by atoms with Gasteiger partial charge in [-0.05, 0) is 44.2 Å². The highest BCUT2D eigenvalue weighted by Crippen LogP contribution is 2.31. The lowest BCUT2D eigenvalue weighted by Crippen LogP contribution is -2.28. The lowest BCUT2D eigenvalue weighted by atomic mass is 10.1. The topological polar surface area (TPSA) is 108 Å². The predicted molar refractivity (Wildman–Crippen MR) is 110 cm³/mol. The minimum atomic E-state index is -0.833. The van der Waals surface area contributed by atoms with Crippen molar-refractivity contribution >= 4 is 29.6 Å².